The van der Waals surface area contributed by atoms with Crippen LogP contribution < -0.4 is 0 Å². The lowest BCUT2D eigenvalue weighted by molar-refractivity contribution is 0.359. The minimum atomic E-state index is 0.216. The Labute approximate surface area is 158 Å². The average Bonchev–Trinajstić information content (AvgIpc) is 3.00. The zero-order valence-electron chi connectivity index (χ0n) is 16.7. The summed E-state index contributed by atoms with van der Waals surface area (Å²) in [4.78, 5) is 0. The summed E-state index contributed by atoms with van der Waals surface area (Å²) in [5.74, 6) is 1.60. The summed E-state index contributed by atoms with van der Waals surface area (Å²) in [6.07, 6.45) is 9.18. The summed E-state index contributed by atoms with van der Waals surface area (Å²) in [5.41, 5.74) is 12.7. The quantitative estimate of drug-likeness (QED) is 0.507. The maximum Gasteiger partial charge on any atom is -0.00543 e. The van der Waals surface area contributed by atoms with Crippen molar-refractivity contribution < 1.29 is 0 Å². The molecule has 0 heteroatoms. The van der Waals surface area contributed by atoms with E-state index in [-0.39, 0.29) is 5.41 Å². The summed E-state index contributed by atoms with van der Waals surface area (Å²) >= 11 is 0. The molecule has 0 radical (unpaired) electrons. The molecule has 0 spiro atoms. The molecule has 2 bridgehead atoms. The molecule has 0 amide bonds. The largest absolute Gasteiger partial charge is 0.0683 e. The smallest absolute Gasteiger partial charge is 0.00543 e. The predicted octanol–water partition coefficient (Wildman–Crippen LogP) is 7.37. The Morgan fingerprint density at radius 3 is 2.19 bits per heavy atom. The number of hydrogen-bond donors (Lipinski definition) is 0. The van der Waals surface area contributed by atoms with Crippen molar-refractivity contribution in [2.24, 2.45) is 0 Å². The maximum absolute atomic E-state index is 2.56. The molecule has 0 N–H and O–H groups in total. The molecule has 1 fully saturated rings. The van der Waals surface area contributed by atoms with Crippen LogP contribution in [0.5, 0.6) is 0 Å². The van der Waals surface area contributed by atoms with E-state index in [4.69, 9.17) is 0 Å². The second-order valence-electron chi connectivity index (χ2n) is 9.87. The lowest BCUT2D eigenvalue weighted by atomic mass is 9.64. The number of fused-ring (bicyclic) bond motifs is 3. The van der Waals surface area contributed by atoms with Gasteiger partial charge in [0.2, 0.25) is 0 Å². The Morgan fingerprint density at radius 1 is 0.885 bits per heavy atom. The van der Waals surface area contributed by atoms with Crippen molar-refractivity contribution >= 4 is 6.08 Å². The van der Waals surface area contributed by atoms with Gasteiger partial charge in [-0.1, -0.05) is 62.8 Å². The SMILES string of the molecule is CC1=Cc2cc3c(c(-c4ccc(C(C)(C)C)cc4)c2C1)C1CCC3CC1. The molecule has 0 heterocycles. The van der Waals surface area contributed by atoms with Gasteiger partial charge in [0.25, 0.3) is 0 Å². The molecule has 0 saturated heterocycles. The van der Waals surface area contributed by atoms with Gasteiger partial charge >= 0.3 is 0 Å². The molecule has 6 rings (SSSR count). The van der Waals surface area contributed by atoms with Gasteiger partial charge in [-0.2, -0.15) is 0 Å². The first kappa shape index (κ1) is 16.4. The highest BCUT2D eigenvalue weighted by molar-refractivity contribution is 5.82. The van der Waals surface area contributed by atoms with Crippen LogP contribution in [0.15, 0.2) is 35.9 Å². The number of rotatable bonds is 1. The normalized spacial score (nSPS) is 23.6. The molecule has 0 nitrogen and oxygen atoms in total. The molecule has 26 heavy (non-hydrogen) atoms. The van der Waals surface area contributed by atoms with Gasteiger partial charge in [-0.05, 0) is 95.2 Å². The van der Waals surface area contributed by atoms with Crippen molar-refractivity contribution in [3.63, 3.8) is 0 Å². The molecule has 2 aromatic rings. The molecule has 4 aliphatic carbocycles. The fourth-order valence-corrected chi connectivity index (χ4v) is 5.64. The van der Waals surface area contributed by atoms with Gasteiger partial charge in [-0.15, -0.1) is 0 Å². The Bertz CT molecular complexity index is 895. The van der Waals surface area contributed by atoms with E-state index >= 15 is 0 Å². The van der Waals surface area contributed by atoms with Crippen LogP contribution in [-0.4, -0.2) is 0 Å². The van der Waals surface area contributed by atoms with Crippen LogP contribution in [0.25, 0.3) is 17.2 Å². The highest BCUT2D eigenvalue weighted by atomic mass is 14.4. The lowest BCUT2D eigenvalue weighted by Gasteiger charge is -2.40. The predicted molar refractivity (Wildman–Crippen MR) is 112 cm³/mol. The molecule has 0 aromatic heterocycles. The van der Waals surface area contributed by atoms with Crippen molar-refractivity contribution in [2.75, 3.05) is 0 Å². The Hall–Kier alpha value is -1.82. The number of allylic oxidation sites excluding steroid dienone is 1. The Balaban J connectivity index is 1.72. The minimum absolute atomic E-state index is 0.216. The van der Waals surface area contributed by atoms with E-state index in [1.165, 1.54) is 47.9 Å². The minimum Gasteiger partial charge on any atom is -0.0683 e. The van der Waals surface area contributed by atoms with E-state index in [1.54, 1.807) is 22.3 Å². The van der Waals surface area contributed by atoms with E-state index in [0.717, 1.165) is 18.3 Å². The van der Waals surface area contributed by atoms with Crippen LogP contribution >= 0.6 is 0 Å². The van der Waals surface area contributed by atoms with Crippen LogP contribution in [0.2, 0.25) is 0 Å². The lowest BCUT2D eigenvalue weighted by Crippen LogP contribution is -2.23. The third kappa shape index (κ3) is 2.42. The fourth-order valence-electron chi connectivity index (χ4n) is 5.64. The van der Waals surface area contributed by atoms with Gasteiger partial charge in [-0.25, -0.2) is 0 Å². The fraction of sp³-hybridized carbons (Fsp3) is 0.462. The van der Waals surface area contributed by atoms with Crippen LogP contribution in [0, 0.1) is 0 Å². The first-order valence-electron chi connectivity index (χ1n) is 10.4. The molecule has 0 atom stereocenters. The van der Waals surface area contributed by atoms with Crippen molar-refractivity contribution in [2.45, 2.75) is 77.0 Å². The highest BCUT2D eigenvalue weighted by Crippen LogP contribution is 2.54. The van der Waals surface area contributed by atoms with Gasteiger partial charge < -0.3 is 0 Å². The van der Waals surface area contributed by atoms with Gasteiger partial charge in [0.1, 0.15) is 0 Å². The molecule has 4 aliphatic rings. The third-order valence-electron chi connectivity index (χ3n) is 7.01. The molecule has 0 aliphatic heterocycles. The highest BCUT2D eigenvalue weighted by Gasteiger charge is 2.37. The van der Waals surface area contributed by atoms with E-state index in [2.05, 4.69) is 64.1 Å². The van der Waals surface area contributed by atoms with E-state index < -0.39 is 0 Å². The van der Waals surface area contributed by atoms with Gasteiger partial charge in [0.15, 0.2) is 0 Å². The van der Waals surface area contributed by atoms with Crippen molar-refractivity contribution in [1.82, 2.24) is 0 Å². The molecule has 0 unspecified atom stereocenters. The van der Waals surface area contributed by atoms with Crippen molar-refractivity contribution in [1.29, 1.82) is 0 Å². The summed E-state index contributed by atoms with van der Waals surface area (Å²) in [6.45, 7) is 9.20. The van der Waals surface area contributed by atoms with E-state index in [9.17, 15) is 0 Å². The zero-order valence-corrected chi connectivity index (χ0v) is 16.7. The van der Waals surface area contributed by atoms with Gasteiger partial charge in [-0.3, -0.25) is 0 Å². The second kappa shape index (κ2) is 5.59. The van der Waals surface area contributed by atoms with Crippen LogP contribution in [0.3, 0.4) is 0 Å². The van der Waals surface area contributed by atoms with Crippen LogP contribution in [0.1, 0.15) is 93.0 Å². The Kier molecular flexibility index (Phi) is 3.52. The molecule has 1 saturated carbocycles. The summed E-state index contributed by atoms with van der Waals surface area (Å²) < 4.78 is 0. The summed E-state index contributed by atoms with van der Waals surface area (Å²) in [5, 5.41) is 0. The maximum atomic E-state index is 2.56. The average molecular weight is 343 g/mol. The topological polar surface area (TPSA) is 0 Å². The molecular weight excluding hydrogens is 312 g/mol. The van der Waals surface area contributed by atoms with Crippen LogP contribution in [-0.2, 0) is 11.8 Å². The Morgan fingerprint density at radius 2 is 1.54 bits per heavy atom. The van der Waals surface area contributed by atoms with Gasteiger partial charge in [0, 0.05) is 0 Å². The van der Waals surface area contributed by atoms with Gasteiger partial charge in [0.05, 0.1) is 0 Å². The van der Waals surface area contributed by atoms with Crippen molar-refractivity contribution in [3.8, 4) is 11.1 Å². The second-order valence-corrected chi connectivity index (χ2v) is 9.87. The first-order valence-corrected chi connectivity index (χ1v) is 10.4. The van der Waals surface area contributed by atoms with Crippen LogP contribution in [0.4, 0.5) is 0 Å². The van der Waals surface area contributed by atoms with Crippen molar-refractivity contribution in [3.05, 3.63) is 63.7 Å². The molecular formula is C26H30. The third-order valence-corrected chi connectivity index (χ3v) is 7.01. The zero-order chi connectivity index (χ0) is 18.1. The first-order chi connectivity index (χ1) is 12.4. The summed E-state index contributed by atoms with van der Waals surface area (Å²) in [6, 6.07) is 12.1. The molecule has 2 aromatic carbocycles. The monoisotopic (exact) mass is 342 g/mol. The van der Waals surface area contributed by atoms with E-state index in [1.807, 2.05) is 0 Å². The number of hydrogen-bond acceptors (Lipinski definition) is 0. The van der Waals surface area contributed by atoms with E-state index in [0.29, 0.717) is 0 Å². The standard InChI is InChI=1S/C26H30/c1-16-13-20-15-23-17-5-7-18(8-6-17)25(23)24(22(20)14-16)19-9-11-21(12-10-19)26(2,3)4/h9-13,15,17-18H,5-8,14H2,1-4H3. The number of benzene rings is 2. The molecule has 134 valence electrons. The summed E-state index contributed by atoms with van der Waals surface area (Å²) in [7, 11) is 0.